The van der Waals surface area contributed by atoms with Crippen LogP contribution in [0.4, 0.5) is 0 Å². The maximum Gasteiger partial charge on any atom is 0.306 e. The van der Waals surface area contributed by atoms with E-state index >= 15 is 0 Å². The van der Waals surface area contributed by atoms with Crippen LogP contribution >= 0.6 is 0 Å². The Morgan fingerprint density at radius 2 is 0.494 bits per heavy atom. The number of unbranched alkanes of at least 4 members (excludes halogenated alkanes) is 22. The Bertz CT molecular complexity index is 1730. The maximum absolute atomic E-state index is 12.9. The van der Waals surface area contributed by atoms with Gasteiger partial charge in [-0.2, -0.15) is 0 Å². The summed E-state index contributed by atoms with van der Waals surface area (Å²) < 4.78 is 16.8. The molecule has 0 fully saturated rings. The van der Waals surface area contributed by atoms with Crippen LogP contribution in [0.5, 0.6) is 0 Å². The molecule has 0 saturated carbocycles. The van der Waals surface area contributed by atoms with E-state index in [0.29, 0.717) is 25.7 Å². The number of allylic oxidation sites excluding steroid dienone is 24. The van der Waals surface area contributed by atoms with E-state index < -0.39 is 6.10 Å². The lowest BCUT2D eigenvalue weighted by molar-refractivity contribution is -0.167. The summed E-state index contributed by atoms with van der Waals surface area (Å²) >= 11 is 0. The molecule has 0 N–H and O–H groups in total. The quantitative estimate of drug-likeness (QED) is 0.0261. The van der Waals surface area contributed by atoms with Crippen molar-refractivity contribution in [2.45, 2.75) is 284 Å². The van der Waals surface area contributed by atoms with E-state index in [-0.39, 0.29) is 31.1 Å². The molecule has 0 aliphatic rings. The first-order valence-electron chi connectivity index (χ1n) is 32.3. The van der Waals surface area contributed by atoms with Crippen LogP contribution in [-0.4, -0.2) is 37.2 Å². The second-order valence-corrected chi connectivity index (χ2v) is 20.9. The Kier molecular flexibility index (Phi) is 61.9. The summed E-state index contributed by atoms with van der Waals surface area (Å²) in [6.45, 7) is 6.34. The maximum atomic E-state index is 12.9. The average molecular weight is 1090 g/mol. The first-order chi connectivity index (χ1) is 39.0. The molecule has 446 valence electrons. The molecule has 0 aromatic rings. The minimum atomic E-state index is -0.800. The average Bonchev–Trinajstić information content (AvgIpc) is 3.45. The van der Waals surface area contributed by atoms with Gasteiger partial charge in [0.1, 0.15) is 13.2 Å². The zero-order valence-corrected chi connectivity index (χ0v) is 51.1. The zero-order valence-electron chi connectivity index (χ0n) is 51.1. The second kappa shape index (κ2) is 65.8. The van der Waals surface area contributed by atoms with Gasteiger partial charge in [0.05, 0.1) is 0 Å². The fraction of sp³-hybridized carbons (Fsp3) is 0.630. The van der Waals surface area contributed by atoms with Crippen molar-refractivity contribution in [1.29, 1.82) is 0 Å². The van der Waals surface area contributed by atoms with Gasteiger partial charge in [-0.25, -0.2) is 0 Å². The molecular weight excluding hydrogens is 973 g/mol. The summed E-state index contributed by atoms with van der Waals surface area (Å²) in [6, 6.07) is 0. The molecule has 0 heterocycles. The van der Waals surface area contributed by atoms with Crippen molar-refractivity contribution in [2.75, 3.05) is 13.2 Å². The highest BCUT2D eigenvalue weighted by Crippen LogP contribution is 2.16. The number of rotatable bonds is 57. The van der Waals surface area contributed by atoms with E-state index in [0.717, 1.165) is 128 Å². The van der Waals surface area contributed by atoms with Crippen LogP contribution in [0.3, 0.4) is 0 Å². The molecular formula is C73H118O6. The fourth-order valence-electron chi connectivity index (χ4n) is 8.57. The standard InChI is InChI=1S/C73H118O6/c1-4-7-10-13-16-18-20-22-24-26-28-30-32-34-36-38-40-42-44-46-48-50-52-54-57-60-63-66-72(75)78-69-70(68-77-71(74)65-62-59-56-15-12-9-6-3)79-73(76)67-64-61-58-55-53-51-49-47-45-43-41-39-37-35-33-31-29-27-25-23-21-19-17-14-11-8-5-2/h7-8,10-11,16-19,22-25,28-31,34,36,40,42,46,48,52,54,70H,4-6,9,12-15,20-21,26-27,32-33,35,37-39,41,43-45,47,49-51,53,55-69H2,1-3H3/b10-7-,11-8-,18-16-,19-17-,24-22-,25-23-,30-28-,31-29-,36-34-,42-40-,48-46-,54-52-. The van der Waals surface area contributed by atoms with Crippen molar-refractivity contribution >= 4 is 17.9 Å². The van der Waals surface area contributed by atoms with E-state index in [1.54, 1.807) is 0 Å². The first-order valence-corrected chi connectivity index (χ1v) is 32.3. The van der Waals surface area contributed by atoms with E-state index in [1.165, 1.54) is 103 Å². The number of hydrogen-bond donors (Lipinski definition) is 0. The van der Waals surface area contributed by atoms with Crippen LogP contribution in [0, 0.1) is 0 Å². The monoisotopic (exact) mass is 1090 g/mol. The second-order valence-electron chi connectivity index (χ2n) is 20.9. The van der Waals surface area contributed by atoms with Crippen LogP contribution in [0.2, 0.25) is 0 Å². The van der Waals surface area contributed by atoms with Gasteiger partial charge >= 0.3 is 17.9 Å². The SMILES string of the molecule is CC/C=C\C/C=C\C/C=C\C/C=C\C/C=C\C/C=C\C/C=C\C/C=C\CCCCC(=O)OCC(COC(=O)CCCCCCCCC)OC(=O)CCCCCCCCCCCCCCCC/C=C\C/C=C\C/C=C\C/C=C\CC. The Labute approximate surface area is 487 Å². The third-order valence-corrected chi connectivity index (χ3v) is 13.3. The molecule has 0 aliphatic heterocycles. The summed E-state index contributed by atoms with van der Waals surface area (Å²) in [5.74, 6) is -0.948. The predicted octanol–water partition coefficient (Wildman–Crippen LogP) is 22.3. The van der Waals surface area contributed by atoms with Crippen molar-refractivity contribution in [3.8, 4) is 0 Å². The Morgan fingerprint density at radius 1 is 0.266 bits per heavy atom. The number of esters is 3. The number of ether oxygens (including phenoxy) is 3. The summed E-state index contributed by atoms with van der Waals surface area (Å²) in [6.07, 6.45) is 94.5. The van der Waals surface area contributed by atoms with Crippen molar-refractivity contribution in [1.82, 2.24) is 0 Å². The molecule has 0 rings (SSSR count). The Balaban J connectivity index is 4.24. The highest BCUT2D eigenvalue weighted by atomic mass is 16.6. The summed E-state index contributed by atoms with van der Waals surface area (Å²) in [5, 5.41) is 0. The third-order valence-electron chi connectivity index (χ3n) is 13.3. The van der Waals surface area contributed by atoms with Gasteiger partial charge in [-0.1, -0.05) is 282 Å². The molecule has 0 aromatic heterocycles. The van der Waals surface area contributed by atoms with Crippen LogP contribution in [-0.2, 0) is 28.6 Å². The van der Waals surface area contributed by atoms with Gasteiger partial charge in [-0.05, 0) is 122 Å². The molecule has 6 heteroatoms. The fourth-order valence-corrected chi connectivity index (χ4v) is 8.57. The van der Waals surface area contributed by atoms with Gasteiger partial charge in [-0.15, -0.1) is 0 Å². The molecule has 0 aliphatic carbocycles. The normalized spacial score (nSPS) is 13.1. The van der Waals surface area contributed by atoms with Crippen molar-refractivity contribution in [3.05, 3.63) is 146 Å². The lowest BCUT2D eigenvalue weighted by Gasteiger charge is -2.18. The van der Waals surface area contributed by atoms with Crippen LogP contribution < -0.4 is 0 Å². The van der Waals surface area contributed by atoms with Crippen molar-refractivity contribution < 1.29 is 28.6 Å². The molecule has 0 radical (unpaired) electrons. The zero-order chi connectivity index (χ0) is 57.1. The lowest BCUT2D eigenvalue weighted by atomic mass is 10.0. The third kappa shape index (κ3) is 64.0. The molecule has 0 saturated heterocycles. The Morgan fingerprint density at radius 3 is 0.797 bits per heavy atom. The van der Waals surface area contributed by atoms with Crippen molar-refractivity contribution in [2.24, 2.45) is 0 Å². The van der Waals surface area contributed by atoms with Crippen LogP contribution in [0.1, 0.15) is 278 Å². The minimum absolute atomic E-state index is 0.0950. The van der Waals surface area contributed by atoms with E-state index in [9.17, 15) is 14.4 Å². The van der Waals surface area contributed by atoms with Crippen LogP contribution in [0.25, 0.3) is 0 Å². The van der Waals surface area contributed by atoms with Gasteiger partial charge in [0.25, 0.3) is 0 Å². The predicted molar refractivity (Wildman–Crippen MR) is 343 cm³/mol. The van der Waals surface area contributed by atoms with Gasteiger partial charge in [0.2, 0.25) is 0 Å². The molecule has 0 aromatic carbocycles. The number of hydrogen-bond acceptors (Lipinski definition) is 6. The Hall–Kier alpha value is -4.71. The molecule has 1 unspecified atom stereocenters. The topological polar surface area (TPSA) is 78.9 Å². The van der Waals surface area contributed by atoms with Crippen LogP contribution in [0.15, 0.2) is 146 Å². The number of carbonyl (C=O) groups is 3. The smallest absolute Gasteiger partial charge is 0.306 e. The lowest BCUT2D eigenvalue weighted by Crippen LogP contribution is -2.30. The van der Waals surface area contributed by atoms with E-state index in [1.807, 2.05) is 0 Å². The molecule has 0 amide bonds. The molecule has 0 spiro atoms. The molecule has 0 bridgehead atoms. The molecule has 1 atom stereocenters. The molecule has 79 heavy (non-hydrogen) atoms. The van der Waals surface area contributed by atoms with Gasteiger partial charge < -0.3 is 14.2 Å². The van der Waals surface area contributed by atoms with Gasteiger partial charge in [0, 0.05) is 19.3 Å². The first kappa shape index (κ1) is 74.3. The van der Waals surface area contributed by atoms with E-state index in [4.69, 9.17) is 14.2 Å². The van der Waals surface area contributed by atoms with Crippen molar-refractivity contribution in [3.63, 3.8) is 0 Å². The number of carbonyl (C=O) groups excluding carboxylic acids is 3. The highest BCUT2D eigenvalue weighted by Gasteiger charge is 2.19. The van der Waals surface area contributed by atoms with Gasteiger partial charge in [-0.3, -0.25) is 14.4 Å². The molecule has 6 nitrogen and oxygen atoms in total. The highest BCUT2D eigenvalue weighted by molar-refractivity contribution is 5.71. The summed E-state index contributed by atoms with van der Waals surface area (Å²) in [4.78, 5) is 38.1. The summed E-state index contributed by atoms with van der Waals surface area (Å²) in [7, 11) is 0. The minimum Gasteiger partial charge on any atom is -0.462 e. The van der Waals surface area contributed by atoms with Gasteiger partial charge in [0.15, 0.2) is 6.10 Å². The summed E-state index contributed by atoms with van der Waals surface area (Å²) in [5.41, 5.74) is 0. The largest absolute Gasteiger partial charge is 0.462 e. The van der Waals surface area contributed by atoms with E-state index in [2.05, 4.69) is 167 Å².